The Morgan fingerprint density at radius 1 is 0.961 bits per heavy atom. The zero-order chi connectivity index (χ0) is 36.1. The molecule has 3 atom stereocenters. The Kier molecular flexibility index (Phi) is 11.3. The summed E-state index contributed by atoms with van der Waals surface area (Å²) >= 11 is 6.07. The minimum atomic E-state index is -0.905. The number of hydrogen-bond acceptors (Lipinski definition) is 10. The summed E-state index contributed by atoms with van der Waals surface area (Å²) in [6.07, 6.45) is 2.53. The van der Waals surface area contributed by atoms with Crippen molar-refractivity contribution < 1.29 is 42.9 Å². The maximum Gasteiger partial charge on any atom is 0.290 e. The number of aliphatic hydroxyl groups is 1. The number of rotatable bonds is 14. The van der Waals surface area contributed by atoms with Crippen LogP contribution in [0.5, 0.6) is 0 Å². The third-order valence-corrected chi connectivity index (χ3v) is 8.99. The van der Waals surface area contributed by atoms with E-state index in [9.17, 15) is 19.2 Å². The number of benzene rings is 3. The number of halogens is 1. The zero-order valence-corrected chi connectivity index (χ0v) is 28.8. The molecule has 51 heavy (non-hydrogen) atoms. The third kappa shape index (κ3) is 7.60. The summed E-state index contributed by atoms with van der Waals surface area (Å²) in [6.45, 7) is 4.85. The number of fused-ring (bicyclic) bond motifs is 2. The number of aryl methyl sites for hydroxylation is 1. The Labute approximate surface area is 298 Å². The normalized spacial score (nSPS) is 18.5. The monoisotopic (exact) mass is 716 g/mol. The number of ether oxygens (including phenoxy) is 4. The van der Waals surface area contributed by atoms with Gasteiger partial charge in [-0.15, -0.1) is 0 Å². The van der Waals surface area contributed by atoms with Gasteiger partial charge in [-0.05, 0) is 80.4 Å². The van der Waals surface area contributed by atoms with E-state index in [4.69, 9.17) is 40.1 Å². The molecule has 3 heterocycles. The van der Waals surface area contributed by atoms with Crippen LogP contribution in [0, 0.1) is 12.8 Å². The molecule has 0 aliphatic carbocycles. The van der Waals surface area contributed by atoms with Crippen molar-refractivity contribution in [3.8, 4) is 0 Å². The van der Waals surface area contributed by atoms with Gasteiger partial charge in [0.05, 0.1) is 54.9 Å². The Hall–Kier alpha value is -4.85. The van der Waals surface area contributed by atoms with E-state index in [1.54, 1.807) is 68.5 Å². The van der Waals surface area contributed by atoms with Gasteiger partial charge in [-0.1, -0.05) is 23.7 Å². The topological polar surface area (TPSA) is 154 Å². The highest BCUT2D eigenvalue weighted by Gasteiger charge is 2.40. The molecule has 6 rings (SSSR count). The summed E-state index contributed by atoms with van der Waals surface area (Å²) in [4.78, 5) is 55.0. The van der Waals surface area contributed by atoms with Crippen LogP contribution >= 0.6 is 11.6 Å². The van der Waals surface area contributed by atoms with Crippen molar-refractivity contribution in [1.82, 2.24) is 0 Å². The Morgan fingerprint density at radius 2 is 1.73 bits per heavy atom. The number of imide groups is 1. The lowest BCUT2D eigenvalue weighted by molar-refractivity contribution is -0.166. The fraction of sp³-hybridized carbons (Fsp3) is 0.316. The van der Waals surface area contributed by atoms with Gasteiger partial charge >= 0.3 is 0 Å². The summed E-state index contributed by atoms with van der Waals surface area (Å²) in [7, 11) is 0. The number of amides is 3. The Balaban J connectivity index is 1.26. The van der Waals surface area contributed by atoms with E-state index < -0.39 is 35.8 Å². The highest BCUT2D eigenvalue weighted by Crippen LogP contribution is 2.39. The van der Waals surface area contributed by atoms with Gasteiger partial charge in [0.2, 0.25) is 6.29 Å². The van der Waals surface area contributed by atoms with E-state index in [-0.39, 0.29) is 48.7 Å². The molecular formula is C38H37ClN2O10. The van der Waals surface area contributed by atoms with Crippen molar-refractivity contribution in [3.63, 3.8) is 0 Å². The van der Waals surface area contributed by atoms with Crippen molar-refractivity contribution >= 4 is 51.7 Å². The number of allylic oxidation sites excluding steroid dienone is 1. The molecule has 0 bridgehead atoms. The number of anilines is 2. The molecule has 4 aromatic rings. The quantitative estimate of drug-likeness (QED) is 0.125. The predicted octanol–water partition coefficient (Wildman–Crippen LogP) is 5.59. The van der Waals surface area contributed by atoms with Gasteiger partial charge < -0.3 is 33.8 Å². The zero-order valence-electron chi connectivity index (χ0n) is 28.1. The highest BCUT2D eigenvalue weighted by molar-refractivity contribution is 6.37. The molecule has 2 aliphatic heterocycles. The third-order valence-electron chi connectivity index (χ3n) is 8.75. The van der Waals surface area contributed by atoms with Crippen LogP contribution in [-0.4, -0.2) is 68.8 Å². The van der Waals surface area contributed by atoms with Crippen LogP contribution in [0.1, 0.15) is 51.1 Å². The van der Waals surface area contributed by atoms with Gasteiger partial charge in [-0.3, -0.25) is 19.2 Å². The summed E-state index contributed by atoms with van der Waals surface area (Å²) in [6, 6.07) is 16.3. The maximum absolute atomic E-state index is 13.8. The first-order chi connectivity index (χ1) is 24.7. The molecule has 3 amide bonds. The van der Waals surface area contributed by atoms with E-state index in [0.717, 1.165) is 4.90 Å². The number of carbonyl (C=O) groups excluding carboxylic acids is 3. The highest BCUT2D eigenvalue weighted by atomic mass is 35.5. The van der Waals surface area contributed by atoms with Crippen molar-refractivity contribution in [2.45, 2.75) is 32.5 Å². The lowest BCUT2D eigenvalue weighted by Crippen LogP contribution is -2.39. The lowest BCUT2D eigenvalue weighted by atomic mass is 9.81. The first-order valence-electron chi connectivity index (χ1n) is 16.6. The van der Waals surface area contributed by atoms with Gasteiger partial charge in [-0.25, -0.2) is 4.90 Å². The summed E-state index contributed by atoms with van der Waals surface area (Å²) in [5.74, 6) is -2.67. The molecule has 3 aromatic carbocycles. The molecule has 2 N–H and O–H groups in total. The first kappa shape index (κ1) is 36.0. The molecule has 0 spiro atoms. The van der Waals surface area contributed by atoms with E-state index in [1.165, 1.54) is 18.4 Å². The maximum atomic E-state index is 13.8. The minimum Gasteiger partial charge on any atom is -0.464 e. The number of hydrogen-bond donors (Lipinski definition) is 2. The van der Waals surface area contributed by atoms with Crippen molar-refractivity contribution in [1.29, 1.82) is 0 Å². The summed E-state index contributed by atoms with van der Waals surface area (Å²) < 4.78 is 29.1. The van der Waals surface area contributed by atoms with Gasteiger partial charge in [-0.2, -0.15) is 0 Å². The standard InChI is InChI=1S/C38H37ClN2O10/c1-3-49-38-26(12-14-47-16-17-48-15-13-42)28(30-21-50-32-7-5-4-6-27(32)34(30)43)20-33(51-38)35(44)40-24-9-11-31(22(2)18-24)41-36(45)25-10-8-23(39)19-29(25)37(41)46/h4-11,18-21,26,28,38,42H,3,12-17H2,1-2H3,(H,40,44)/t26-,28+,38-/m1/s1. The fourth-order valence-corrected chi connectivity index (χ4v) is 6.50. The second kappa shape index (κ2) is 16.0. The van der Waals surface area contributed by atoms with E-state index in [0.29, 0.717) is 58.1 Å². The fourth-order valence-electron chi connectivity index (χ4n) is 6.33. The molecular weight excluding hydrogens is 680 g/mol. The number of aliphatic hydroxyl groups excluding tert-OH is 1. The van der Waals surface area contributed by atoms with Crippen molar-refractivity contribution in [2.75, 3.05) is 49.9 Å². The first-order valence-corrected chi connectivity index (χ1v) is 17.0. The van der Waals surface area contributed by atoms with Gasteiger partial charge in [0, 0.05) is 41.3 Å². The molecule has 13 heteroatoms. The van der Waals surface area contributed by atoms with Crippen LogP contribution in [0.2, 0.25) is 5.02 Å². The van der Waals surface area contributed by atoms with Gasteiger partial charge in [0.1, 0.15) is 5.58 Å². The number of nitrogens with one attached hydrogen (secondary N) is 1. The van der Waals surface area contributed by atoms with E-state index in [1.807, 2.05) is 0 Å². The smallest absolute Gasteiger partial charge is 0.290 e. The summed E-state index contributed by atoms with van der Waals surface area (Å²) in [5, 5.41) is 12.5. The Morgan fingerprint density at radius 3 is 2.49 bits per heavy atom. The second-order valence-electron chi connectivity index (χ2n) is 12.0. The number of carbonyl (C=O) groups is 3. The van der Waals surface area contributed by atoms with Crippen LogP contribution in [0.25, 0.3) is 11.0 Å². The molecule has 0 saturated heterocycles. The van der Waals surface area contributed by atoms with E-state index >= 15 is 0 Å². The number of nitrogens with zero attached hydrogens (tertiary/aromatic N) is 1. The van der Waals surface area contributed by atoms with Gasteiger partial charge in [0.15, 0.2) is 11.2 Å². The molecule has 2 aliphatic rings. The number of para-hydroxylation sites is 1. The van der Waals surface area contributed by atoms with Crippen LogP contribution < -0.4 is 15.6 Å². The van der Waals surface area contributed by atoms with Crippen LogP contribution in [0.15, 0.2) is 88.0 Å². The minimum absolute atomic E-state index is 0.0560. The molecule has 266 valence electrons. The molecule has 0 radical (unpaired) electrons. The summed E-state index contributed by atoms with van der Waals surface area (Å²) in [5.41, 5.74) is 2.35. The van der Waals surface area contributed by atoms with Crippen molar-refractivity contribution in [3.05, 3.63) is 116 Å². The van der Waals surface area contributed by atoms with Crippen molar-refractivity contribution in [2.24, 2.45) is 5.92 Å². The van der Waals surface area contributed by atoms with Crippen LogP contribution in [0.3, 0.4) is 0 Å². The average Bonchev–Trinajstić information content (AvgIpc) is 3.36. The molecule has 0 saturated carbocycles. The molecule has 0 fully saturated rings. The van der Waals surface area contributed by atoms with Crippen LogP contribution in [0.4, 0.5) is 11.4 Å². The second-order valence-corrected chi connectivity index (χ2v) is 12.4. The largest absolute Gasteiger partial charge is 0.464 e. The van der Waals surface area contributed by atoms with Crippen LogP contribution in [-0.2, 0) is 23.7 Å². The predicted molar refractivity (Wildman–Crippen MR) is 189 cm³/mol. The van der Waals surface area contributed by atoms with Gasteiger partial charge in [0.25, 0.3) is 17.7 Å². The lowest BCUT2D eigenvalue weighted by Gasteiger charge is -2.36. The van der Waals surface area contributed by atoms with E-state index in [2.05, 4.69) is 5.32 Å². The SMILES string of the molecule is CCO[C@@H]1OC(C(=O)Nc2ccc(N3C(=O)c4ccc(Cl)cc4C3=O)c(C)c2)=C[C@H](c2coc3ccccc3c2=O)[C@H]1CCOCCOCCO. The molecule has 0 unspecified atom stereocenters. The average molecular weight is 717 g/mol. The molecule has 12 nitrogen and oxygen atoms in total. The Bertz CT molecular complexity index is 2040. The molecule has 1 aromatic heterocycles.